The van der Waals surface area contributed by atoms with Crippen molar-refractivity contribution in [2.45, 2.75) is 53.4 Å². The van der Waals surface area contributed by atoms with Gasteiger partial charge < -0.3 is 10.2 Å². The van der Waals surface area contributed by atoms with Gasteiger partial charge in [-0.25, -0.2) is 4.39 Å². The molecular weight excluding hydrogens is 321 g/mol. The zero-order chi connectivity index (χ0) is 18.9. The summed E-state index contributed by atoms with van der Waals surface area (Å²) in [6.45, 7) is 11.8. The Hall–Kier alpha value is -1.69. The number of nitrogens with one attached hydrogen (secondary N) is 1. The summed E-state index contributed by atoms with van der Waals surface area (Å²) >= 11 is 0. The molecule has 0 radical (unpaired) electrons. The molecule has 2 heterocycles. The zero-order valence-electron chi connectivity index (χ0n) is 16.0. The summed E-state index contributed by atoms with van der Waals surface area (Å²) in [5, 5.41) is 14.1. The lowest BCUT2D eigenvalue weighted by molar-refractivity contribution is -0.385. The molecule has 2 fully saturated rings. The fourth-order valence-electron chi connectivity index (χ4n) is 3.54. The Morgan fingerprint density at radius 2 is 1.64 bits per heavy atom. The Bertz CT molecular complexity index is 535. The molecule has 0 aliphatic carbocycles. The lowest BCUT2D eigenvalue weighted by Crippen LogP contribution is -2.45. The van der Waals surface area contributed by atoms with Gasteiger partial charge in [0.05, 0.1) is 16.7 Å². The van der Waals surface area contributed by atoms with Gasteiger partial charge in [0.2, 0.25) is 0 Å². The number of nitrogens with zero attached hydrogens (tertiary/aromatic N) is 2. The van der Waals surface area contributed by atoms with Crippen LogP contribution >= 0.6 is 0 Å². The highest BCUT2D eigenvalue weighted by Gasteiger charge is 2.36. The zero-order valence-corrected chi connectivity index (χ0v) is 16.0. The number of halogens is 1. The second-order valence-electron chi connectivity index (χ2n) is 6.13. The number of hydrogen-bond acceptors (Lipinski definition) is 4. The molecule has 25 heavy (non-hydrogen) atoms. The molecule has 1 spiro atoms. The van der Waals surface area contributed by atoms with Gasteiger partial charge in [0.15, 0.2) is 5.82 Å². The fourth-order valence-corrected chi connectivity index (χ4v) is 3.54. The molecule has 3 rings (SSSR count). The van der Waals surface area contributed by atoms with E-state index in [2.05, 4.69) is 5.32 Å². The monoisotopic (exact) mass is 353 g/mol. The van der Waals surface area contributed by atoms with Crippen molar-refractivity contribution < 1.29 is 9.31 Å². The van der Waals surface area contributed by atoms with Crippen LogP contribution < -0.4 is 10.2 Å². The second-order valence-corrected chi connectivity index (χ2v) is 6.13. The van der Waals surface area contributed by atoms with Crippen molar-refractivity contribution in [1.29, 1.82) is 0 Å². The van der Waals surface area contributed by atoms with E-state index in [1.54, 1.807) is 0 Å². The minimum Gasteiger partial charge on any atom is -0.369 e. The van der Waals surface area contributed by atoms with Crippen molar-refractivity contribution >= 4 is 11.4 Å². The highest BCUT2D eigenvalue weighted by molar-refractivity contribution is 5.52. The third-order valence-electron chi connectivity index (χ3n) is 4.97. The quantitative estimate of drug-likeness (QED) is 0.615. The summed E-state index contributed by atoms with van der Waals surface area (Å²) in [6, 6.07) is 3.94. The van der Waals surface area contributed by atoms with Gasteiger partial charge in [-0.3, -0.25) is 10.1 Å². The van der Waals surface area contributed by atoms with Gasteiger partial charge in [0, 0.05) is 19.2 Å². The minimum absolute atomic E-state index is 0.192. The van der Waals surface area contributed by atoms with Gasteiger partial charge in [-0.1, -0.05) is 27.7 Å². The molecule has 0 unspecified atom stereocenters. The van der Waals surface area contributed by atoms with Crippen LogP contribution in [0.3, 0.4) is 0 Å². The maximum Gasteiger partial charge on any atom is 0.272 e. The topological polar surface area (TPSA) is 58.4 Å². The number of nitro groups is 1. The molecule has 2 aliphatic heterocycles. The van der Waals surface area contributed by atoms with Gasteiger partial charge in [-0.15, -0.1) is 0 Å². The van der Waals surface area contributed by atoms with E-state index in [4.69, 9.17) is 0 Å². The predicted octanol–water partition coefficient (Wildman–Crippen LogP) is 4.76. The molecule has 0 bridgehead atoms. The maximum atomic E-state index is 14.1. The molecule has 1 aromatic rings. The van der Waals surface area contributed by atoms with E-state index in [1.807, 2.05) is 32.6 Å². The largest absolute Gasteiger partial charge is 0.369 e. The molecule has 0 amide bonds. The van der Waals surface area contributed by atoms with Crippen LogP contribution in [-0.2, 0) is 0 Å². The summed E-state index contributed by atoms with van der Waals surface area (Å²) in [7, 11) is 0. The van der Waals surface area contributed by atoms with Crippen molar-refractivity contribution in [3.63, 3.8) is 0 Å². The normalized spacial score (nSPS) is 18.5. The van der Waals surface area contributed by atoms with Crippen LogP contribution in [0.25, 0.3) is 0 Å². The maximum absolute atomic E-state index is 14.1. The molecule has 2 saturated heterocycles. The van der Waals surface area contributed by atoms with Crippen LogP contribution in [0.2, 0.25) is 0 Å². The van der Waals surface area contributed by atoms with Crippen molar-refractivity contribution in [3.8, 4) is 0 Å². The van der Waals surface area contributed by atoms with E-state index in [0.717, 1.165) is 45.1 Å². The first kappa shape index (κ1) is 21.4. The van der Waals surface area contributed by atoms with Crippen molar-refractivity contribution in [2.24, 2.45) is 5.41 Å². The molecule has 142 valence electrons. The van der Waals surface area contributed by atoms with Crippen LogP contribution in [0.5, 0.6) is 0 Å². The van der Waals surface area contributed by atoms with Gasteiger partial charge >= 0.3 is 0 Å². The SMILES string of the molecule is CC.CC.O=[N+]([O-])c1ccc(N2CCC3(CCNCC3)CC2)c(F)c1. The van der Waals surface area contributed by atoms with Crippen molar-refractivity contribution in [3.05, 3.63) is 34.1 Å². The Balaban J connectivity index is 0.000000730. The number of rotatable bonds is 2. The first-order valence-electron chi connectivity index (χ1n) is 9.49. The van der Waals surface area contributed by atoms with Crippen molar-refractivity contribution in [2.75, 3.05) is 31.1 Å². The Morgan fingerprint density at radius 1 is 1.08 bits per heavy atom. The lowest BCUT2D eigenvalue weighted by atomic mass is 9.71. The Kier molecular flexibility index (Phi) is 8.83. The van der Waals surface area contributed by atoms with Crippen LogP contribution in [0.15, 0.2) is 18.2 Å². The highest BCUT2D eigenvalue weighted by atomic mass is 19.1. The number of benzene rings is 1. The molecule has 0 aromatic heterocycles. The summed E-state index contributed by atoms with van der Waals surface area (Å²) < 4.78 is 14.1. The average Bonchev–Trinajstić information content (AvgIpc) is 2.66. The molecule has 0 saturated carbocycles. The average molecular weight is 353 g/mol. The molecule has 5 nitrogen and oxygen atoms in total. The summed E-state index contributed by atoms with van der Waals surface area (Å²) in [4.78, 5) is 12.1. The second kappa shape index (κ2) is 10.3. The third-order valence-corrected chi connectivity index (χ3v) is 4.97. The molecule has 2 aliphatic rings. The molecule has 1 N–H and O–H groups in total. The van der Waals surface area contributed by atoms with Crippen LogP contribution in [0.4, 0.5) is 15.8 Å². The Labute approximate surface area is 150 Å². The number of anilines is 1. The summed E-state index contributed by atoms with van der Waals surface area (Å²) in [6.07, 6.45) is 4.55. The van der Waals surface area contributed by atoms with Crippen LogP contribution in [0, 0.1) is 21.3 Å². The summed E-state index contributed by atoms with van der Waals surface area (Å²) in [5.41, 5.74) is 0.714. The number of nitro benzene ring substituents is 1. The number of non-ortho nitro benzene ring substituents is 1. The Morgan fingerprint density at radius 3 is 2.12 bits per heavy atom. The van der Waals surface area contributed by atoms with Crippen molar-refractivity contribution in [1.82, 2.24) is 5.32 Å². The van der Waals surface area contributed by atoms with E-state index < -0.39 is 10.7 Å². The van der Waals surface area contributed by atoms with Gasteiger partial charge in [-0.05, 0) is 50.3 Å². The van der Waals surface area contributed by atoms with Gasteiger partial charge in [0.25, 0.3) is 5.69 Å². The lowest BCUT2D eigenvalue weighted by Gasteiger charge is -2.45. The van der Waals surface area contributed by atoms with Crippen LogP contribution in [-0.4, -0.2) is 31.1 Å². The minimum atomic E-state index is -0.562. The standard InChI is InChI=1S/C15H20FN3O2.2C2H6/c16-13-11-12(19(20)21)1-2-14(13)18-9-5-15(6-10-18)3-7-17-8-4-15;2*1-2/h1-2,11,17H,3-10H2;2*1-2H3. The smallest absolute Gasteiger partial charge is 0.272 e. The molecule has 6 heteroatoms. The first-order chi connectivity index (χ1) is 12.1. The molecular formula is C19H32FN3O2. The highest BCUT2D eigenvalue weighted by Crippen LogP contribution is 2.41. The third kappa shape index (κ3) is 5.39. The van der Waals surface area contributed by atoms with Gasteiger partial charge in [-0.2, -0.15) is 0 Å². The molecule has 0 atom stereocenters. The number of piperidine rings is 2. The first-order valence-corrected chi connectivity index (χ1v) is 9.49. The van der Waals surface area contributed by atoms with E-state index in [0.29, 0.717) is 11.1 Å². The van der Waals surface area contributed by atoms with E-state index in [9.17, 15) is 14.5 Å². The van der Waals surface area contributed by atoms with E-state index in [-0.39, 0.29) is 5.69 Å². The molecule has 1 aromatic carbocycles. The van der Waals surface area contributed by atoms with E-state index >= 15 is 0 Å². The van der Waals surface area contributed by atoms with Gasteiger partial charge in [0.1, 0.15) is 0 Å². The number of hydrogen-bond donors (Lipinski definition) is 1. The van der Waals surface area contributed by atoms with E-state index in [1.165, 1.54) is 25.0 Å². The fraction of sp³-hybridized carbons (Fsp3) is 0.684. The summed E-state index contributed by atoms with van der Waals surface area (Å²) in [5.74, 6) is -0.495. The predicted molar refractivity (Wildman–Crippen MR) is 102 cm³/mol. The van der Waals surface area contributed by atoms with Crippen LogP contribution in [0.1, 0.15) is 53.4 Å².